The quantitative estimate of drug-likeness (QED) is 0.722. The molecule has 7 heteroatoms. The van der Waals surface area contributed by atoms with Crippen LogP contribution in [0, 0.1) is 32.1 Å². The number of carbonyl (C=O) groups excluding carboxylic acids is 1. The Hall–Kier alpha value is -3.92. The number of hydrogen-bond donors (Lipinski definition) is 1. The summed E-state index contributed by atoms with van der Waals surface area (Å²) in [6.07, 6.45) is 0. The lowest BCUT2D eigenvalue weighted by Crippen LogP contribution is -2.32. The van der Waals surface area contributed by atoms with Crippen molar-refractivity contribution in [3.05, 3.63) is 81.3 Å². The summed E-state index contributed by atoms with van der Waals surface area (Å²) in [6.45, 7) is 5.06. The molecule has 0 aliphatic rings. The second-order valence-electron chi connectivity index (χ2n) is 6.65. The average Bonchev–Trinajstić information content (AvgIpc) is 2.68. The van der Waals surface area contributed by atoms with Crippen LogP contribution in [0.2, 0.25) is 0 Å². The summed E-state index contributed by atoms with van der Waals surface area (Å²) in [5.74, 6) is 0.952. The van der Waals surface area contributed by atoms with Gasteiger partial charge in [0.05, 0.1) is 5.69 Å². The van der Waals surface area contributed by atoms with E-state index in [9.17, 15) is 9.59 Å². The Labute approximate surface area is 168 Å². The van der Waals surface area contributed by atoms with Crippen LogP contribution in [0.5, 0.6) is 11.5 Å². The van der Waals surface area contributed by atoms with Crippen LogP contribution >= 0.6 is 0 Å². The molecule has 0 spiro atoms. The van der Waals surface area contributed by atoms with E-state index in [1.165, 1.54) is 0 Å². The molecule has 0 saturated heterocycles. The first-order chi connectivity index (χ1) is 13.9. The molecular weight excluding hydrogens is 368 g/mol. The molecule has 1 N–H and O–H groups in total. The fourth-order valence-electron chi connectivity index (χ4n) is 2.77. The van der Waals surface area contributed by atoms with Gasteiger partial charge in [0.15, 0.2) is 0 Å². The number of nitrogens with zero attached hydrogens (tertiary/aromatic N) is 3. The first-order valence-corrected chi connectivity index (χ1v) is 9.00. The van der Waals surface area contributed by atoms with Crippen LogP contribution in [0.1, 0.15) is 22.4 Å². The molecule has 3 aromatic rings. The predicted octanol–water partition coefficient (Wildman–Crippen LogP) is 3.47. The van der Waals surface area contributed by atoms with Gasteiger partial charge in [0.25, 0.3) is 5.56 Å². The molecule has 0 aliphatic heterocycles. The number of aryl methyl sites for hydroxylation is 2. The Kier molecular flexibility index (Phi) is 5.74. The van der Waals surface area contributed by atoms with Gasteiger partial charge >= 0.3 is 0 Å². The van der Waals surface area contributed by atoms with E-state index in [0.29, 0.717) is 22.7 Å². The minimum atomic E-state index is -0.576. The van der Waals surface area contributed by atoms with Crippen LogP contribution in [0.3, 0.4) is 0 Å². The van der Waals surface area contributed by atoms with Crippen LogP contribution < -0.4 is 15.6 Å². The number of hydrogen-bond acceptors (Lipinski definition) is 5. The molecule has 1 amide bonds. The summed E-state index contributed by atoms with van der Waals surface area (Å²) >= 11 is 0. The van der Waals surface area contributed by atoms with Gasteiger partial charge in [-0.3, -0.25) is 9.59 Å². The summed E-state index contributed by atoms with van der Waals surface area (Å²) < 4.78 is 6.79. The van der Waals surface area contributed by atoms with Crippen molar-refractivity contribution in [2.75, 3.05) is 5.32 Å². The number of aromatic nitrogens is 2. The third-order valence-electron chi connectivity index (χ3n) is 4.41. The molecule has 1 aromatic heterocycles. The fourth-order valence-corrected chi connectivity index (χ4v) is 2.77. The number of nitriles is 1. The molecule has 0 atom stereocenters. The lowest BCUT2D eigenvalue weighted by molar-refractivity contribution is -0.117. The summed E-state index contributed by atoms with van der Waals surface area (Å²) in [4.78, 5) is 24.6. The van der Waals surface area contributed by atoms with Crippen LogP contribution in [-0.2, 0) is 11.3 Å². The van der Waals surface area contributed by atoms with Gasteiger partial charge in [-0.15, -0.1) is 0 Å². The van der Waals surface area contributed by atoms with E-state index in [2.05, 4.69) is 10.4 Å². The molecule has 146 valence electrons. The van der Waals surface area contributed by atoms with Crippen molar-refractivity contribution in [3.8, 4) is 17.6 Å². The van der Waals surface area contributed by atoms with Crippen LogP contribution in [0.4, 0.5) is 5.69 Å². The lowest BCUT2D eigenvalue weighted by Gasteiger charge is -2.10. The van der Waals surface area contributed by atoms with Crippen molar-refractivity contribution < 1.29 is 9.53 Å². The van der Waals surface area contributed by atoms with Crippen molar-refractivity contribution >= 4 is 11.6 Å². The Bertz CT molecular complexity index is 1160. The van der Waals surface area contributed by atoms with E-state index in [4.69, 9.17) is 10.00 Å². The normalized spacial score (nSPS) is 10.3. The first-order valence-electron chi connectivity index (χ1n) is 9.00. The molecule has 7 nitrogen and oxygen atoms in total. The van der Waals surface area contributed by atoms with Gasteiger partial charge in [-0.25, -0.2) is 4.68 Å². The molecule has 0 fully saturated rings. The van der Waals surface area contributed by atoms with Crippen molar-refractivity contribution in [1.82, 2.24) is 9.78 Å². The van der Waals surface area contributed by atoms with E-state index in [1.807, 2.05) is 37.3 Å². The van der Waals surface area contributed by atoms with Crippen LogP contribution in [0.15, 0.2) is 53.3 Å². The Morgan fingerprint density at radius 2 is 1.86 bits per heavy atom. The van der Waals surface area contributed by atoms with Crippen LogP contribution in [0.25, 0.3) is 0 Å². The molecule has 1 heterocycles. The van der Waals surface area contributed by atoms with Gasteiger partial charge in [-0.2, -0.15) is 10.4 Å². The zero-order valence-electron chi connectivity index (χ0n) is 16.4. The molecular formula is C22H20N4O3. The zero-order chi connectivity index (χ0) is 21.0. The number of ether oxygens (including phenoxy) is 1. The topological polar surface area (TPSA) is 97.0 Å². The maximum absolute atomic E-state index is 12.3. The lowest BCUT2D eigenvalue weighted by atomic mass is 10.1. The Morgan fingerprint density at radius 3 is 2.52 bits per heavy atom. The number of rotatable bonds is 5. The smallest absolute Gasteiger partial charge is 0.285 e. The number of benzene rings is 2. The maximum atomic E-state index is 12.3. The van der Waals surface area contributed by atoms with Gasteiger partial charge in [-0.1, -0.05) is 12.1 Å². The van der Waals surface area contributed by atoms with Gasteiger partial charge < -0.3 is 10.1 Å². The maximum Gasteiger partial charge on any atom is 0.285 e. The molecule has 0 saturated carbocycles. The standard InChI is InChI=1S/C22H20N4O3/c1-14-5-4-6-19(11-14)29-18-9-7-17(8-10-18)24-21(27)13-26-22(28)20(12-23)15(2)16(3)25-26/h4-11H,13H2,1-3H3,(H,24,27). The zero-order valence-corrected chi connectivity index (χ0v) is 16.4. The minimum Gasteiger partial charge on any atom is -0.457 e. The van der Waals surface area contributed by atoms with Gasteiger partial charge in [-0.05, 0) is 68.3 Å². The second kappa shape index (κ2) is 8.40. The molecule has 0 aliphatic carbocycles. The summed E-state index contributed by atoms with van der Waals surface area (Å²) in [5.41, 5.74) is 2.14. The summed E-state index contributed by atoms with van der Waals surface area (Å²) in [6, 6.07) is 16.5. The predicted molar refractivity (Wildman–Crippen MR) is 109 cm³/mol. The van der Waals surface area contributed by atoms with Gasteiger partial charge in [0.2, 0.25) is 5.91 Å². The second-order valence-corrected chi connectivity index (χ2v) is 6.65. The Balaban J connectivity index is 1.68. The largest absolute Gasteiger partial charge is 0.457 e. The molecule has 0 unspecified atom stereocenters. The number of nitrogens with one attached hydrogen (secondary N) is 1. The van der Waals surface area contributed by atoms with E-state index >= 15 is 0 Å². The summed E-state index contributed by atoms with van der Waals surface area (Å²) in [7, 11) is 0. The van der Waals surface area contributed by atoms with E-state index < -0.39 is 11.5 Å². The van der Waals surface area contributed by atoms with Crippen LogP contribution in [-0.4, -0.2) is 15.7 Å². The third kappa shape index (κ3) is 4.68. The molecule has 0 radical (unpaired) electrons. The van der Waals surface area contributed by atoms with E-state index in [0.717, 1.165) is 16.0 Å². The summed E-state index contributed by atoms with van der Waals surface area (Å²) in [5, 5.41) is 16.0. The fraction of sp³-hybridized carbons (Fsp3) is 0.182. The first kappa shape index (κ1) is 19.8. The molecule has 0 bridgehead atoms. The molecule has 29 heavy (non-hydrogen) atoms. The molecule has 2 aromatic carbocycles. The van der Waals surface area contributed by atoms with Crippen molar-refractivity contribution in [1.29, 1.82) is 5.26 Å². The van der Waals surface area contributed by atoms with Crippen molar-refractivity contribution in [2.45, 2.75) is 27.3 Å². The van der Waals surface area contributed by atoms with E-state index in [1.54, 1.807) is 38.1 Å². The number of carbonyl (C=O) groups is 1. The SMILES string of the molecule is Cc1cccc(Oc2ccc(NC(=O)Cn3nc(C)c(C)c(C#N)c3=O)cc2)c1. The van der Waals surface area contributed by atoms with Crippen molar-refractivity contribution in [3.63, 3.8) is 0 Å². The number of anilines is 1. The van der Waals surface area contributed by atoms with E-state index in [-0.39, 0.29) is 12.1 Å². The highest BCUT2D eigenvalue weighted by molar-refractivity contribution is 5.90. The highest BCUT2D eigenvalue weighted by atomic mass is 16.5. The average molecular weight is 388 g/mol. The highest BCUT2D eigenvalue weighted by Crippen LogP contribution is 2.23. The van der Waals surface area contributed by atoms with Gasteiger partial charge in [0, 0.05) is 5.69 Å². The highest BCUT2D eigenvalue weighted by Gasteiger charge is 2.14. The molecule has 3 rings (SSSR count). The van der Waals surface area contributed by atoms with Crippen molar-refractivity contribution in [2.24, 2.45) is 0 Å². The number of amides is 1. The Morgan fingerprint density at radius 1 is 1.14 bits per heavy atom. The monoisotopic (exact) mass is 388 g/mol. The minimum absolute atomic E-state index is 0.00273. The van der Waals surface area contributed by atoms with Gasteiger partial charge in [0.1, 0.15) is 29.7 Å². The third-order valence-corrected chi connectivity index (χ3v) is 4.41.